The molecule has 0 aliphatic heterocycles. The average Bonchev–Trinajstić information content (AvgIpc) is 2.79. The summed E-state index contributed by atoms with van der Waals surface area (Å²) in [4.78, 5) is 4.55. The van der Waals surface area contributed by atoms with Crippen LogP contribution in [0.1, 0.15) is 18.2 Å². The maximum atomic E-state index is 5.65. The standard InChI is InChI=1S/C13H15BrN2OS/c1-3-8-4-5-11(17-2)9(6-8)13-16-10(7-15)12(14)18-13/h4-6H,3,7,15H2,1-2H3. The number of hydrogen-bond acceptors (Lipinski definition) is 4. The summed E-state index contributed by atoms with van der Waals surface area (Å²) in [6.45, 7) is 2.57. The topological polar surface area (TPSA) is 48.1 Å². The van der Waals surface area contributed by atoms with Gasteiger partial charge >= 0.3 is 0 Å². The highest BCUT2D eigenvalue weighted by Gasteiger charge is 2.13. The predicted octanol–water partition coefficient (Wildman–Crippen LogP) is 3.60. The first kappa shape index (κ1) is 13.5. The van der Waals surface area contributed by atoms with Crippen molar-refractivity contribution in [3.05, 3.63) is 33.2 Å². The summed E-state index contributed by atoms with van der Waals surface area (Å²) in [6, 6.07) is 6.20. The highest BCUT2D eigenvalue weighted by molar-refractivity contribution is 9.11. The van der Waals surface area contributed by atoms with Gasteiger partial charge in [-0.2, -0.15) is 0 Å². The van der Waals surface area contributed by atoms with Crippen molar-refractivity contribution in [3.8, 4) is 16.3 Å². The molecule has 2 rings (SSSR count). The third-order valence-corrected chi connectivity index (χ3v) is 4.61. The van der Waals surface area contributed by atoms with Crippen LogP contribution >= 0.6 is 27.3 Å². The lowest BCUT2D eigenvalue weighted by atomic mass is 10.1. The summed E-state index contributed by atoms with van der Waals surface area (Å²) >= 11 is 5.08. The van der Waals surface area contributed by atoms with Gasteiger partial charge in [-0.25, -0.2) is 4.98 Å². The number of nitrogens with zero attached hydrogens (tertiary/aromatic N) is 1. The Morgan fingerprint density at radius 2 is 2.22 bits per heavy atom. The van der Waals surface area contributed by atoms with Gasteiger partial charge in [-0.1, -0.05) is 13.0 Å². The molecule has 0 saturated carbocycles. The van der Waals surface area contributed by atoms with E-state index >= 15 is 0 Å². The van der Waals surface area contributed by atoms with E-state index in [1.54, 1.807) is 18.4 Å². The zero-order valence-electron chi connectivity index (χ0n) is 10.4. The number of halogens is 1. The Hall–Kier alpha value is -0.910. The van der Waals surface area contributed by atoms with E-state index in [1.807, 2.05) is 6.07 Å². The van der Waals surface area contributed by atoms with Gasteiger partial charge in [0.2, 0.25) is 0 Å². The highest BCUT2D eigenvalue weighted by Crippen LogP contribution is 2.37. The third-order valence-electron chi connectivity index (χ3n) is 2.75. The summed E-state index contributed by atoms with van der Waals surface area (Å²) in [7, 11) is 1.68. The molecule has 0 aliphatic carbocycles. The first-order valence-corrected chi connectivity index (χ1v) is 7.33. The lowest BCUT2D eigenvalue weighted by Crippen LogP contribution is -1.97. The van der Waals surface area contributed by atoms with Gasteiger partial charge in [0.25, 0.3) is 0 Å². The summed E-state index contributed by atoms with van der Waals surface area (Å²) in [5.74, 6) is 0.844. The van der Waals surface area contributed by atoms with Gasteiger partial charge in [0.15, 0.2) is 0 Å². The minimum Gasteiger partial charge on any atom is -0.496 e. The third kappa shape index (κ3) is 2.58. The van der Waals surface area contributed by atoms with Crippen LogP contribution in [0.15, 0.2) is 22.0 Å². The number of thiazole rings is 1. The van der Waals surface area contributed by atoms with Crippen LogP contribution in [0.25, 0.3) is 10.6 Å². The Morgan fingerprint density at radius 3 is 2.78 bits per heavy atom. The molecular weight excluding hydrogens is 312 g/mol. The molecule has 96 valence electrons. The fraction of sp³-hybridized carbons (Fsp3) is 0.308. The number of aryl methyl sites for hydroxylation is 1. The molecule has 0 amide bonds. The largest absolute Gasteiger partial charge is 0.496 e. The molecule has 5 heteroatoms. The summed E-state index contributed by atoms with van der Waals surface area (Å²) in [5.41, 5.74) is 8.84. The lowest BCUT2D eigenvalue weighted by Gasteiger charge is -2.07. The number of ether oxygens (including phenoxy) is 1. The number of rotatable bonds is 4. The van der Waals surface area contributed by atoms with Gasteiger partial charge in [-0.05, 0) is 40.0 Å². The van der Waals surface area contributed by atoms with Crippen molar-refractivity contribution < 1.29 is 4.74 Å². The summed E-state index contributed by atoms with van der Waals surface area (Å²) in [6.07, 6.45) is 0.993. The van der Waals surface area contributed by atoms with Gasteiger partial charge in [-0.3, -0.25) is 0 Å². The molecule has 0 saturated heterocycles. The van der Waals surface area contributed by atoms with E-state index < -0.39 is 0 Å². The van der Waals surface area contributed by atoms with Crippen LogP contribution in [0, 0.1) is 0 Å². The molecule has 18 heavy (non-hydrogen) atoms. The summed E-state index contributed by atoms with van der Waals surface area (Å²) in [5, 5.41) is 0.939. The Bertz CT molecular complexity index is 554. The second-order valence-corrected chi connectivity index (χ2v) is 6.15. The van der Waals surface area contributed by atoms with Crippen molar-refractivity contribution >= 4 is 27.3 Å². The first-order valence-electron chi connectivity index (χ1n) is 5.72. The Morgan fingerprint density at radius 1 is 1.44 bits per heavy atom. The minimum absolute atomic E-state index is 0.437. The number of nitrogens with two attached hydrogens (primary N) is 1. The Labute approximate surface area is 119 Å². The van der Waals surface area contributed by atoms with Crippen molar-refractivity contribution in [2.45, 2.75) is 19.9 Å². The van der Waals surface area contributed by atoms with Crippen LogP contribution in [0.3, 0.4) is 0 Å². The van der Waals surface area contributed by atoms with Crippen molar-refractivity contribution in [3.63, 3.8) is 0 Å². The fourth-order valence-corrected chi connectivity index (χ4v) is 3.27. The quantitative estimate of drug-likeness (QED) is 0.933. The van der Waals surface area contributed by atoms with E-state index in [-0.39, 0.29) is 0 Å². The average molecular weight is 327 g/mol. The maximum Gasteiger partial charge on any atom is 0.129 e. The van der Waals surface area contributed by atoms with Crippen LogP contribution < -0.4 is 10.5 Å². The number of hydrogen-bond donors (Lipinski definition) is 1. The van der Waals surface area contributed by atoms with E-state index in [2.05, 4.69) is 40.0 Å². The molecule has 2 N–H and O–H groups in total. The normalized spacial score (nSPS) is 10.7. The second-order valence-electron chi connectivity index (χ2n) is 3.83. The maximum absolute atomic E-state index is 5.65. The Balaban J connectivity index is 2.53. The van der Waals surface area contributed by atoms with Crippen molar-refractivity contribution in [2.24, 2.45) is 5.73 Å². The van der Waals surface area contributed by atoms with Crippen LogP contribution in [0.4, 0.5) is 0 Å². The predicted molar refractivity (Wildman–Crippen MR) is 79.1 cm³/mol. The Kier molecular flexibility index (Phi) is 4.37. The van der Waals surface area contributed by atoms with Crippen molar-refractivity contribution in [2.75, 3.05) is 7.11 Å². The van der Waals surface area contributed by atoms with E-state index in [0.717, 1.165) is 32.2 Å². The van der Waals surface area contributed by atoms with Crippen molar-refractivity contribution in [1.82, 2.24) is 4.98 Å². The van der Waals surface area contributed by atoms with Gasteiger partial charge in [-0.15, -0.1) is 11.3 Å². The molecule has 0 aliphatic rings. The minimum atomic E-state index is 0.437. The number of aromatic nitrogens is 1. The van der Waals surface area contributed by atoms with Gasteiger partial charge in [0, 0.05) is 6.54 Å². The van der Waals surface area contributed by atoms with E-state index in [0.29, 0.717) is 6.54 Å². The monoisotopic (exact) mass is 326 g/mol. The molecule has 0 fully saturated rings. The number of benzene rings is 1. The molecular formula is C13H15BrN2OS. The molecule has 0 spiro atoms. The van der Waals surface area contributed by atoms with Gasteiger partial charge < -0.3 is 10.5 Å². The molecule has 2 aromatic rings. The molecule has 0 radical (unpaired) electrons. The molecule has 1 aromatic carbocycles. The molecule has 3 nitrogen and oxygen atoms in total. The number of methoxy groups -OCH3 is 1. The lowest BCUT2D eigenvalue weighted by molar-refractivity contribution is 0.416. The van der Waals surface area contributed by atoms with Crippen LogP contribution in [0.2, 0.25) is 0 Å². The van der Waals surface area contributed by atoms with Crippen molar-refractivity contribution in [1.29, 1.82) is 0 Å². The SMILES string of the molecule is CCc1ccc(OC)c(-c2nc(CN)c(Br)s2)c1. The first-order chi connectivity index (χ1) is 8.69. The molecule has 0 unspecified atom stereocenters. The second kappa shape index (κ2) is 5.82. The van der Waals surface area contributed by atoms with E-state index in [1.165, 1.54) is 5.56 Å². The van der Waals surface area contributed by atoms with E-state index in [9.17, 15) is 0 Å². The molecule has 0 atom stereocenters. The van der Waals surface area contributed by atoms with Gasteiger partial charge in [0.1, 0.15) is 10.8 Å². The van der Waals surface area contributed by atoms with Gasteiger partial charge in [0.05, 0.1) is 22.2 Å². The highest BCUT2D eigenvalue weighted by atomic mass is 79.9. The van der Waals surface area contributed by atoms with E-state index in [4.69, 9.17) is 10.5 Å². The zero-order chi connectivity index (χ0) is 13.1. The summed E-state index contributed by atoms with van der Waals surface area (Å²) < 4.78 is 6.39. The van der Waals surface area contributed by atoms with Crippen LogP contribution in [0.5, 0.6) is 5.75 Å². The molecule has 0 bridgehead atoms. The fourth-order valence-electron chi connectivity index (χ4n) is 1.72. The zero-order valence-corrected chi connectivity index (χ0v) is 12.8. The molecule has 1 aromatic heterocycles. The van der Waals surface area contributed by atoms with Crippen LogP contribution in [-0.4, -0.2) is 12.1 Å². The van der Waals surface area contributed by atoms with Crippen LogP contribution in [-0.2, 0) is 13.0 Å². The molecule has 1 heterocycles. The smallest absolute Gasteiger partial charge is 0.129 e.